The summed E-state index contributed by atoms with van der Waals surface area (Å²) in [4.78, 5) is 51.4. The first-order chi connectivity index (χ1) is 10.6. The third-order valence-corrected chi connectivity index (χ3v) is 6.00. The molecule has 0 spiro atoms. The van der Waals surface area contributed by atoms with Gasteiger partial charge in [0, 0.05) is 0 Å². The molecular weight excluding hydrogens is 284 g/mol. The van der Waals surface area contributed by atoms with Crippen LogP contribution >= 0.6 is 0 Å². The van der Waals surface area contributed by atoms with E-state index < -0.39 is 23.3 Å². The topological polar surface area (TPSA) is 85.6 Å². The summed E-state index contributed by atoms with van der Waals surface area (Å²) in [5.74, 6) is -2.67. The summed E-state index contributed by atoms with van der Waals surface area (Å²) in [6, 6.07) is 0. The van der Waals surface area contributed by atoms with Gasteiger partial charge in [-0.25, -0.2) is 0 Å². The number of likely N-dealkylation sites (tertiary alicyclic amines) is 1. The monoisotopic (exact) mass is 303 g/mol. The van der Waals surface area contributed by atoms with E-state index in [9.17, 15) is 19.2 Å². The van der Waals surface area contributed by atoms with Crippen LogP contribution < -0.4 is 5.32 Å². The molecule has 4 unspecified atom stereocenters. The quantitative estimate of drug-likeness (QED) is 0.669. The SMILES string of the molecule is O=C1[N]C(=O)C2(N3C(=O)C4CCCCC4C3=O)CCCCC12. The van der Waals surface area contributed by atoms with Crippen LogP contribution in [0, 0.1) is 17.8 Å². The molecule has 22 heavy (non-hydrogen) atoms. The van der Waals surface area contributed by atoms with Gasteiger partial charge in [0.1, 0.15) is 5.54 Å². The number of carbonyl (C=O) groups is 4. The molecule has 6 heteroatoms. The average Bonchev–Trinajstić information content (AvgIpc) is 2.93. The Morgan fingerprint density at radius 3 is 2.09 bits per heavy atom. The van der Waals surface area contributed by atoms with Crippen LogP contribution in [0.4, 0.5) is 0 Å². The van der Waals surface area contributed by atoms with Gasteiger partial charge in [-0.2, -0.15) is 5.32 Å². The Kier molecular flexibility index (Phi) is 2.93. The third kappa shape index (κ3) is 1.55. The van der Waals surface area contributed by atoms with Gasteiger partial charge in [0.15, 0.2) is 0 Å². The molecule has 1 radical (unpaired) electrons. The summed E-state index contributed by atoms with van der Waals surface area (Å²) in [7, 11) is 0. The van der Waals surface area contributed by atoms with Crippen molar-refractivity contribution in [2.75, 3.05) is 0 Å². The number of fused-ring (bicyclic) bond motifs is 2. The maximum Gasteiger partial charge on any atom is 0.276 e. The second kappa shape index (κ2) is 4.64. The fourth-order valence-corrected chi connectivity index (χ4v) is 4.93. The lowest BCUT2D eigenvalue weighted by Crippen LogP contribution is -2.60. The van der Waals surface area contributed by atoms with Crippen LogP contribution in [0.15, 0.2) is 0 Å². The van der Waals surface area contributed by atoms with Crippen molar-refractivity contribution in [2.24, 2.45) is 17.8 Å². The number of carbonyl (C=O) groups excluding carboxylic acids is 4. The fraction of sp³-hybridized carbons (Fsp3) is 0.750. The molecule has 4 aliphatic rings. The Balaban J connectivity index is 1.78. The van der Waals surface area contributed by atoms with Crippen LogP contribution in [-0.2, 0) is 19.2 Å². The number of hydrogen-bond acceptors (Lipinski definition) is 4. The molecule has 0 N–H and O–H groups in total. The standard InChI is InChI=1S/C16H19N2O4/c19-12-11-7-3-4-8-16(11,15(22)17-12)18-13(20)9-5-1-2-6-10(9)14(18)21/h9-11H,1-8H2. The molecule has 4 fully saturated rings. The lowest BCUT2D eigenvalue weighted by atomic mass is 9.73. The minimum Gasteiger partial charge on any atom is -0.274 e. The molecule has 0 aromatic carbocycles. The number of amides is 4. The highest BCUT2D eigenvalue weighted by Gasteiger charge is 2.67. The van der Waals surface area contributed by atoms with Crippen molar-refractivity contribution in [3.05, 3.63) is 0 Å². The zero-order valence-electron chi connectivity index (χ0n) is 12.4. The van der Waals surface area contributed by atoms with E-state index in [1.807, 2.05) is 0 Å². The van der Waals surface area contributed by atoms with Gasteiger partial charge < -0.3 is 0 Å². The molecule has 0 aromatic heterocycles. The minimum absolute atomic E-state index is 0.236. The lowest BCUT2D eigenvalue weighted by molar-refractivity contribution is -0.157. The normalized spacial score (nSPS) is 41.5. The van der Waals surface area contributed by atoms with Crippen molar-refractivity contribution >= 4 is 23.6 Å². The molecular formula is C16H19N2O4. The number of nitrogens with zero attached hydrogens (tertiary/aromatic N) is 2. The van der Waals surface area contributed by atoms with Crippen LogP contribution in [0.5, 0.6) is 0 Å². The fourth-order valence-electron chi connectivity index (χ4n) is 4.93. The van der Waals surface area contributed by atoms with Crippen LogP contribution in [0.1, 0.15) is 51.4 Å². The van der Waals surface area contributed by atoms with Crippen molar-refractivity contribution in [2.45, 2.75) is 56.9 Å². The van der Waals surface area contributed by atoms with Gasteiger partial charge in [-0.15, -0.1) is 0 Å². The second-order valence-electron chi connectivity index (χ2n) is 6.99. The van der Waals surface area contributed by atoms with Crippen LogP contribution in [0.2, 0.25) is 0 Å². The molecule has 4 atom stereocenters. The Hall–Kier alpha value is -1.72. The summed E-state index contributed by atoms with van der Waals surface area (Å²) >= 11 is 0. The highest BCUT2D eigenvalue weighted by molar-refractivity contribution is 6.16. The highest BCUT2D eigenvalue weighted by atomic mass is 16.2. The van der Waals surface area contributed by atoms with E-state index in [-0.39, 0.29) is 23.7 Å². The van der Waals surface area contributed by atoms with Crippen molar-refractivity contribution in [1.29, 1.82) is 0 Å². The summed E-state index contributed by atoms with van der Waals surface area (Å²) < 4.78 is 0. The smallest absolute Gasteiger partial charge is 0.274 e. The largest absolute Gasteiger partial charge is 0.276 e. The van der Waals surface area contributed by atoms with Crippen molar-refractivity contribution in [3.63, 3.8) is 0 Å². The van der Waals surface area contributed by atoms with Crippen LogP contribution in [0.3, 0.4) is 0 Å². The summed E-state index contributed by atoms with van der Waals surface area (Å²) in [6.07, 6.45) is 5.84. The molecule has 117 valence electrons. The molecule has 0 bridgehead atoms. The molecule has 6 nitrogen and oxygen atoms in total. The van der Waals surface area contributed by atoms with E-state index in [2.05, 4.69) is 5.32 Å². The van der Waals surface area contributed by atoms with Crippen LogP contribution in [0.25, 0.3) is 0 Å². The van der Waals surface area contributed by atoms with E-state index in [1.165, 1.54) is 4.90 Å². The second-order valence-corrected chi connectivity index (χ2v) is 6.99. The van der Waals surface area contributed by atoms with E-state index in [4.69, 9.17) is 0 Å². The molecule has 2 heterocycles. The zero-order valence-corrected chi connectivity index (χ0v) is 12.4. The van der Waals surface area contributed by atoms with Crippen molar-refractivity contribution in [1.82, 2.24) is 10.2 Å². The summed E-state index contributed by atoms with van der Waals surface area (Å²) in [6.45, 7) is 0. The van der Waals surface area contributed by atoms with Crippen molar-refractivity contribution < 1.29 is 19.2 Å². The molecule has 4 rings (SSSR count). The summed E-state index contributed by atoms with van der Waals surface area (Å²) in [5, 5.41) is 3.61. The first-order valence-corrected chi connectivity index (χ1v) is 8.25. The van der Waals surface area contributed by atoms with Gasteiger partial charge >= 0.3 is 0 Å². The Bertz CT molecular complexity index is 563. The number of rotatable bonds is 1. The maximum absolute atomic E-state index is 12.8. The lowest BCUT2D eigenvalue weighted by Gasteiger charge is -2.41. The Morgan fingerprint density at radius 1 is 0.864 bits per heavy atom. The van der Waals surface area contributed by atoms with E-state index in [0.29, 0.717) is 25.7 Å². The van der Waals surface area contributed by atoms with Crippen LogP contribution in [-0.4, -0.2) is 34.1 Å². The summed E-state index contributed by atoms with van der Waals surface area (Å²) in [5.41, 5.74) is -1.29. The molecule has 4 amide bonds. The predicted octanol–water partition coefficient (Wildman–Crippen LogP) is 0.762. The Labute approximate surface area is 128 Å². The van der Waals surface area contributed by atoms with E-state index in [0.717, 1.165) is 25.7 Å². The zero-order chi connectivity index (χ0) is 15.5. The highest BCUT2D eigenvalue weighted by Crippen LogP contribution is 2.49. The van der Waals surface area contributed by atoms with Gasteiger partial charge in [-0.1, -0.05) is 25.7 Å². The molecule has 2 aliphatic carbocycles. The van der Waals surface area contributed by atoms with Crippen molar-refractivity contribution in [3.8, 4) is 0 Å². The Morgan fingerprint density at radius 2 is 1.45 bits per heavy atom. The van der Waals surface area contributed by atoms with Gasteiger partial charge in [-0.3, -0.25) is 24.1 Å². The molecule has 0 aromatic rings. The van der Waals surface area contributed by atoms with Gasteiger partial charge in [-0.05, 0) is 25.7 Å². The third-order valence-electron chi connectivity index (χ3n) is 6.00. The van der Waals surface area contributed by atoms with Gasteiger partial charge in [0.05, 0.1) is 17.8 Å². The number of hydrogen-bond donors (Lipinski definition) is 0. The number of imide groups is 2. The minimum atomic E-state index is -1.29. The predicted molar refractivity (Wildman–Crippen MR) is 74.1 cm³/mol. The van der Waals surface area contributed by atoms with Gasteiger partial charge in [0.25, 0.3) is 11.8 Å². The van der Waals surface area contributed by atoms with E-state index >= 15 is 0 Å². The van der Waals surface area contributed by atoms with Gasteiger partial charge in [0.2, 0.25) is 11.8 Å². The molecule has 2 aliphatic heterocycles. The first kappa shape index (κ1) is 13.9. The van der Waals surface area contributed by atoms with E-state index in [1.54, 1.807) is 0 Å². The molecule has 2 saturated carbocycles. The average molecular weight is 303 g/mol. The molecule has 2 saturated heterocycles. The first-order valence-electron chi connectivity index (χ1n) is 8.25. The maximum atomic E-state index is 12.8.